The van der Waals surface area contributed by atoms with Crippen LogP contribution >= 0.6 is 22.9 Å². The molecule has 1 heterocycles. The summed E-state index contributed by atoms with van der Waals surface area (Å²) in [4.78, 5) is 36.5. The summed E-state index contributed by atoms with van der Waals surface area (Å²) < 4.78 is 7.34. The number of benzene rings is 1. The molecule has 0 fully saturated rings. The Bertz CT molecular complexity index is 990. The molecular formula is C19H22IN3O4. The van der Waals surface area contributed by atoms with Crippen LogP contribution in [0.4, 0.5) is 0 Å². The van der Waals surface area contributed by atoms with Crippen molar-refractivity contribution in [2.24, 2.45) is 7.05 Å². The quantitative estimate of drug-likeness (QED) is 0.502. The van der Waals surface area contributed by atoms with E-state index in [0.29, 0.717) is 28.9 Å². The van der Waals surface area contributed by atoms with Gasteiger partial charge in [0, 0.05) is 24.9 Å². The molecule has 1 atom stereocenters. The summed E-state index contributed by atoms with van der Waals surface area (Å²) in [5.74, 6) is -0.372. The number of ether oxygens (including phenoxy) is 1. The van der Waals surface area contributed by atoms with Crippen molar-refractivity contribution in [2.75, 3.05) is 7.11 Å². The number of esters is 1. The minimum absolute atomic E-state index is 0.347. The van der Waals surface area contributed by atoms with Crippen LogP contribution < -0.4 is 16.6 Å². The Morgan fingerprint density at radius 2 is 1.89 bits per heavy atom. The number of allylic oxidation sites excluding steroid dienone is 1. The zero-order valence-corrected chi connectivity index (χ0v) is 17.9. The van der Waals surface area contributed by atoms with Crippen LogP contribution in [0.3, 0.4) is 0 Å². The number of nitrogens with one attached hydrogen (secondary N) is 1. The molecule has 0 aliphatic carbocycles. The van der Waals surface area contributed by atoms with Crippen molar-refractivity contribution >= 4 is 28.8 Å². The largest absolute Gasteiger partial charge is 0.467 e. The first-order valence-corrected chi connectivity index (χ1v) is 9.21. The maximum atomic E-state index is 12.5. The third-order valence-electron chi connectivity index (χ3n) is 4.30. The molecule has 1 N–H and O–H groups in total. The predicted molar refractivity (Wildman–Crippen MR) is 113 cm³/mol. The zero-order chi connectivity index (χ0) is 20.3. The van der Waals surface area contributed by atoms with E-state index >= 15 is 0 Å². The molecule has 0 aliphatic rings. The highest BCUT2D eigenvalue weighted by Crippen LogP contribution is 2.20. The maximum absolute atomic E-state index is 12.5. The van der Waals surface area contributed by atoms with Gasteiger partial charge in [-0.2, -0.15) is 2.78 Å². The third kappa shape index (κ3) is 4.49. The van der Waals surface area contributed by atoms with Gasteiger partial charge in [-0.05, 0) is 25.0 Å². The van der Waals surface area contributed by atoms with Crippen molar-refractivity contribution in [3.8, 4) is 11.1 Å². The highest BCUT2D eigenvalue weighted by Gasteiger charge is 2.20. The molecule has 0 saturated heterocycles. The van der Waals surface area contributed by atoms with Gasteiger partial charge in [-0.3, -0.25) is 9.36 Å². The molecule has 7 nitrogen and oxygen atoms in total. The summed E-state index contributed by atoms with van der Waals surface area (Å²) >= 11 is 1.71. The average molecular weight is 483 g/mol. The molecule has 0 radical (unpaired) electrons. The zero-order valence-electron chi connectivity index (χ0n) is 15.7. The molecule has 27 heavy (non-hydrogen) atoms. The number of aromatic nitrogens is 2. The van der Waals surface area contributed by atoms with Gasteiger partial charge in [0.15, 0.2) is 0 Å². The van der Waals surface area contributed by atoms with Crippen LogP contribution in [-0.2, 0) is 23.0 Å². The molecule has 0 bridgehead atoms. The minimum Gasteiger partial charge on any atom is -0.467 e. The summed E-state index contributed by atoms with van der Waals surface area (Å²) in [5.41, 5.74) is 2.64. The molecule has 144 valence electrons. The maximum Gasteiger partial charge on any atom is 0.340 e. The second-order valence-corrected chi connectivity index (χ2v) is 7.25. The van der Waals surface area contributed by atoms with Gasteiger partial charge in [0.1, 0.15) is 6.04 Å². The van der Waals surface area contributed by atoms with Crippen molar-refractivity contribution < 1.29 is 9.53 Å². The Morgan fingerprint density at radius 1 is 1.30 bits per heavy atom. The number of methoxy groups -OCH3 is 1. The van der Waals surface area contributed by atoms with Gasteiger partial charge in [0.25, 0.3) is 5.56 Å². The fraction of sp³-hybridized carbons (Fsp3) is 0.316. The molecule has 8 heteroatoms. The van der Waals surface area contributed by atoms with Gasteiger partial charge in [0.2, 0.25) is 0 Å². The molecule has 2 rings (SSSR count). The van der Waals surface area contributed by atoms with Crippen molar-refractivity contribution in [2.45, 2.75) is 26.3 Å². The van der Waals surface area contributed by atoms with Gasteiger partial charge in [-0.25, -0.2) is 9.59 Å². The topological polar surface area (TPSA) is 82.3 Å². The van der Waals surface area contributed by atoms with E-state index in [0.717, 1.165) is 8.34 Å². The lowest BCUT2D eigenvalue weighted by molar-refractivity contribution is -0.142. The Hall–Kier alpha value is -2.36. The number of carbonyl (C=O) groups excluding carboxylic acids is 1. The molecule has 0 saturated carbocycles. The van der Waals surface area contributed by atoms with E-state index in [9.17, 15) is 14.4 Å². The van der Waals surface area contributed by atoms with Crippen LogP contribution in [-0.4, -0.2) is 26.5 Å². The Labute approximate surface area is 171 Å². The number of nitrogens with zero attached hydrogens (tertiary/aromatic N) is 2. The van der Waals surface area contributed by atoms with E-state index in [2.05, 4.69) is 11.9 Å². The second-order valence-electron chi connectivity index (χ2n) is 6.29. The third-order valence-corrected chi connectivity index (χ3v) is 5.15. The monoisotopic (exact) mass is 483 g/mol. The molecule has 0 spiro atoms. The number of rotatable bonds is 6. The van der Waals surface area contributed by atoms with Crippen LogP contribution in [0.25, 0.3) is 11.1 Å². The average Bonchev–Trinajstić information content (AvgIpc) is 2.64. The fourth-order valence-electron chi connectivity index (χ4n) is 2.79. The summed E-state index contributed by atoms with van der Waals surface area (Å²) in [6.45, 7) is 7.28. The SMILES string of the molecule is C=C(C)N[C@@H](Cc1ccc(-c2c(C)n(C)c(=O)n(I)c2=O)cc1)C(=O)OC. The summed E-state index contributed by atoms with van der Waals surface area (Å²) in [5, 5.41) is 3.00. The van der Waals surface area contributed by atoms with Gasteiger partial charge in [0.05, 0.1) is 35.5 Å². The van der Waals surface area contributed by atoms with Gasteiger partial charge >= 0.3 is 11.7 Å². The van der Waals surface area contributed by atoms with Crippen LogP contribution in [0, 0.1) is 6.92 Å². The Morgan fingerprint density at radius 3 is 2.41 bits per heavy atom. The van der Waals surface area contributed by atoms with E-state index in [1.807, 2.05) is 24.3 Å². The van der Waals surface area contributed by atoms with Gasteiger partial charge in [-0.15, -0.1) is 0 Å². The van der Waals surface area contributed by atoms with E-state index in [1.54, 1.807) is 43.8 Å². The number of halogens is 1. The first kappa shape index (κ1) is 20.9. The lowest BCUT2D eigenvalue weighted by Gasteiger charge is -2.18. The van der Waals surface area contributed by atoms with E-state index in [4.69, 9.17) is 4.74 Å². The van der Waals surface area contributed by atoms with Crippen molar-refractivity contribution in [3.05, 3.63) is 68.6 Å². The van der Waals surface area contributed by atoms with Gasteiger partial charge in [-0.1, -0.05) is 30.8 Å². The smallest absolute Gasteiger partial charge is 0.340 e. The minimum atomic E-state index is -0.538. The first-order valence-electron chi connectivity index (χ1n) is 8.25. The molecule has 0 amide bonds. The standard InChI is InChI=1S/C19H22IN3O4/c1-11(2)21-15(18(25)27-5)10-13-6-8-14(9-7-13)16-12(3)22(4)19(26)23(20)17(16)24/h6-9,15,21H,1,10H2,2-5H3/t15-/m0/s1. The van der Waals surface area contributed by atoms with E-state index in [-0.39, 0.29) is 17.2 Å². The molecular weight excluding hydrogens is 461 g/mol. The summed E-state index contributed by atoms with van der Waals surface area (Å²) in [6, 6.07) is 6.80. The van der Waals surface area contributed by atoms with Crippen LogP contribution in [0.2, 0.25) is 0 Å². The Balaban J connectivity index is 2.38. The number of hydrogen-bond donors (Lipinski definition) is 1. The van der Waals surface area contributed by atoms with Gasteiger partial charge < -0.3 is 10.1 Å². The van der Waals surface area contributed by atoms with Crippen molar-refractivity contribution in [3.63, 3.8) is 0 Å². The van der Waals surface area contributed by atoms with E-state index < -0.39 is 6.04 Å². The Kier molecular flexibility index (Phi) is 6.63. The highest BCUT2D eigenvalue weighted by atomic mass is 127. The first-order chi connectivity index (χ1) is 12.7. The lowest BCUT2D eigenvalue weighted by atomic mass is 10.0. The molecule has 1 aromatic heterocycles. The van der Waals surface area contributed by atoms with Crippen LogP contribution in [0.15, 0.2) is 46.1 Å². The predicted octanol–water partition coefficient (Wildman–Crippen LogP) is 1.93. The van der Waals surface area contributed by atoms with Crippen LogP contribution in [0.1, 0.15) is 18.2 Å². The number of hydrogen-bond acceptors (Lipinski definition) is 5. The molecule has 0 unspecified atom stereocenters. The highest BCUT2D eigenvalue weighted by molar-refractivity contribution is 14.1. The summed E-state index contributed by atoms with van der Waals surface area (Å²) in [6.07, 6.45) is 0.419. The van der Waals surface area contributed by atoms with Crippen LogP contribution in [0.5, 0.6) is 0 Å². The van der Waals surface area contributed by atoms with Crippen molar-refractivity contribution in [1.29, 1.82) is 0 Å². The molecule has 1 aromatic carbocycles. The normalized spacial score (nSPS) is 11.7. The second kappa shape index (κ2) is 8.55. The van der Waals surface area contributed by atoms with E-state index in [1.165, 1.54) is 11.7 Å². The fourth-order valence-corrected chi connectivity index (χ4v) is 3.36. The molecule has 2 aromatic rings. The lowest BCUT2D eigenvalue weighted by Crippen LogP contribution is -2.38. The molecule has 0 aliphatic heterocycles. The number of carbonyl (C=O) groups is 1. The van der Waals surface area contributed by atoms with Crippen molar-refractivity contribution in [1.82, 2.24) is 12.7 Å². The summed E-state index contributed by atoms with van der Waals surface area (Å²) in [7, 11) is 2.98.